The first-order chi connectivity index (χ1) is 12.5. The molecule has 0 aliphatic heterocycles. The summed E-state index contributed by atoms with van der Waals surface area (Å²) < 4.78 is 8.27. The molecule has 5 heteroatoms. The third-order valence-electron chi connectivity index (χ3n) is 5.29. The Balaban J connectivity index is 0.000000758. The molecule has 4 unspecified atom stereocenters. The number of carbonyl (C=O) groups excluding carboxylic acids is 1. The minimum atomic E-state index is 0.103. The van der Waals surface area contributed by atoms with Crippen LogP contribution >= 0.6 is 11.9 Å². The van der Waals surface area contributed by atoms with E-state index in [1.54, 1.807) is 7.11 Å². The quantitative estimate of drug-likeness (QED) is 0.686. The first-order valence-electron chi connectivity index (χ1n) is 9.83. The van der Waals surface area contributed by atoms with Crippen molar-refractivity contribution >= 4 is 17.9 Å². The van der Waals surface area contributed by atoms with Gasteiger partial charge in [0, 0.05) is 10.9 Å². The second kappa shape index (κ2) is 10.2. The number of ether oxygens (including phenoxy) is 1. The fraction of sp³-hybridized carbons (Fsp3) is 0.667. The van der Waals surface area contributed by atoms with E-state index in [2.05, 4.69) is 37.7 Å². The Bertz CT molecular complexity index is 562. The molecule has 0 radical (unpaired) electrons. The van der Waals surface area contributed by atoms with E-state index in [9.17, 15) is 4.79 Å². The van der Waals surface area contributed by atoms with Gasteiger partial charge in [-0.2, -0.15) is 0 Å². The molecule has 4 atom stereocenters. The molecule has 0 spiro atoms. The average Bonchev–Trinajstić information content (AvgIpc) is 3.14. The smallest absolute Gasteiger partial charge is 0.235 e. The summed E-state index contributed by atoms with van der Waals surface area (Å²) in [6.07, 6.45) is 3.73. The summed E-state index contributed by atoms with van der Waals surface area (Å²) in [6.45, 7) is 9.21. The highest BCUT2D eigenvalue weighted by atomic mass is 32.2. The van der Waals surface area contributed by atoms with Crippen LogP contribution in [0.4, 0.5) is 0 Å². The van der Waals surface area contributed by atoms with E-state index in [1.165, 1.54) is 31.2 Å². The SMILES string of the molecule is CCC.COc1ccc(SNCC(=O)NC2CC3CC2C3C(C)C)cc1. The Morgan fingerprint density at radius 2 is 1.88 bits per heavy atom. The number of rotatable bonds is 7. The van der Waals surface area contributed by atoms with Crippen LogP contribution in [0.2, 0.25) is 0 Å². The van der Waals surface area contributed by atoms with Crippen LogP contribution in [0, 0.1) is 23.7 Å². The summed E-state index contributed by atoms with van der Waals surface area (Å²) in [5.41, 5.74) is 0. The summed E-state index contributed by atoms with van der Waals surface area (Å²) >= 11 is 1.48. The molecular weight excluding hydrogens is 344 g/mol. The third kappa shape index (κ3) is 5.40. The molecule has 2 bridgehead atoms. The van der Waals surface area contributed by atoms with Crippen molar-refractivity contribution in [3.05, 3.63) is 24.3 Å². The largest absolute Gasteiger partial charge is 0.497 e. The lowest BCUT2D eigenvalue weighted by molar-refractivity contribution is -0.120. The molecule has 2 N–H and O–H groups in total. The molecule has 0 saturated heterocycles. The number of fused-ring (bicyclic) bond motifs is 1. The highest BCUT2D eigenvalue weighted by molar-refractivity contribution is 7.97. The molecule has 146 valence electrons. The van der Waals surface area contributed by atoms with Crippen LogP contribution in [-0.2, 0) is 4.79 Å². The summed E-state index contributed by atoms with van der Waals surface area (Å²) in [6, 6.07) is 8.19. The van der Waals surface area contributed by atoms with Gasteiger partial charge in [-0.05, 0) is 72.7 Å². The van der Waals surface area contributed by atoms with E-state index < -0.39 is 0 Å². The zero-order valence-corrected chi connectivity index (χ0v) is 17.6. The van der Waals surface area contributed by atoms with Gasteiger partial charge in [-0.25, -0.2) is 0 Å². The van der Waals surface area contributed by atoms with Gasteiger partial charge in [0.1, 0.15) is 5.75 Å². The molecule has 3 saturated carbocycles. The van der Waals surface area contributed by atoms with Gasteiger partial charge in [-0.3, -0.25) is 9.52 Å². The van der Waals surface area contributed by atoms with Crippen LogP contribution in [0.5, 0.6) is 5.75 Å². The summed E-state index contributed by atoms with van der Waals surface area (Å²) in [4.78, 5) is 13.2. The van der Waals surface area contributed by atoms with Gasteiger partial charge in [-0.1, -0.05) is 34.1 Å². The van der Waals surface area contributed by atoms with Crippen molar-refractivity contribution in [2.45, 2.75) is 57.9 Å². The Morgan fingerprint density at radius 3 is 2.42 bits per heavy atom. The summed E-state index contributed by atoms with van der Waals surface area (Å²) in [5, 5.41) is 3.22. The van der Waals surface area contributed by atoms with Crippen molar-refractivity contribution in [3.63, 3.8) is 0 Å². The number of hydrogen-bond donors (Lipinski definition) is 2. The number of amides is 1. The second-order valence-electron chi connectivity index (χ2n) is 7.70. The van der Waals surface area contributed by atoms with E-state index in [4.69, 9.17) is 4.74 Å². The Morgan fingerprint density at radius 1 is 1.23 bits per heavy atom. The van der Waals surface area contributed by atoms with Crippen LogP contribution < -0.4 is 14.8 Å². The summed E-state index contributed by atoms with van der Waals surface area (Å²) in [7, 11) is 1.65. The van der Waals surface area contributed by atoms with Gasteiger partial charge < -0.3 is 10.1 Å². The van der Waals surface area contributed by atoms with Crippen LogP contribution in [0.25, 0.3) is 0 Å². The fourth-order valence-electron chi connectivity index (χ4n) is 4.30. The molecule has 1 aromatic carbocycles. The minimum Gasteiger partial charge on any atom is -0.497 e. The van der Waals surface area contributed by atoms with Gasteiger partial charge in [-0.15, -0.1) is 0 Å². The first kappa shape index (κ1) is 21.1. The molecule has 1 amide bonds. The van der Waals surface area contributed by atoms with Crippen molar-refractivity contribution < 1.29 is 9.53 Å². The van der Waals surface area contributed by atoms with E-state index in [0.717, 1.165) is 28.4 Å². The van der Waals surface area contributed by atoms with Crippen molar-refractivity contribution in [1.82, 2.24) is 10.0 Å². The summed E-state index contributed by atoms with van der Waals surface area (Å²) in [5.74, 6) is 4.05. The molecule has 1 aromatic rings. The molecule has 3 aliphatic rings. The second-order valence-corrected chi connectivity index (χ2v) is 8.66. The lowest BCUT2D eigenvalue weighted by Crippen LogP contribution is -2.43. The number of nitrogens with one attached hydrogen (secondary N) is 2. The number of benzene rings is 1. The maximum absolute atomic E-state index is 12.1. The zero-order valence-electron chi connectivity index (χ0n) is 16.7. The topological polar surface area (TPSA) is 50.4 Å². The molecule has 4 nitrogen and oxygen atoms in total. The number of methoxy groups -OCH3 is 1. The Kier molecular flexibility index (Phi) is 8.29. The monoisotopic (exact) mass is 378 g/mol. The number of carbonyl (C=O) groups is 1. The minimum absolute atomic E-state index is 0.103. The lowest BCUT2D eigenvalue weighted by atomic mass is 9.66. The van der Waals surface area contributed by atoms with E-state index >= 15 is 0 Å². The van der Waals surface area contributed by atoms with E-state index in [1.807, 2.05) is 24.3 Å². The molecular formula is C21H34N2O2S. The molecule has 3 aliphatic carbocycles. The fourth-order valence-corrected chi connectivity index (χ4v) is 4.94. The first-order valence-corrected chi connectivity index (χ1v) is 10.6. The van der Waals surface area contributed by atoms with E-state index in [-0.39, 0.29) is 5.91 Å². The van der Waals surface area contributed by atoms with Gasteiger partial charge in [0.05, 0.1) is 13.7 Å². The molecule has 0 heterocycles. The maximum atomic E-state index is 12.1. The van der Waals surface area contributed by atoms with Gasteiger partial charge in [0.2, 0.25) is 5.91 Å². The van der Waals surface area contributed by atoms with Crippen LogP contribution in [0.3, 0.4) is 0 Å². The van der Waals surface area contributed by atoms with Gasteiger partial charge in [0.25, 0.3) is 0 Å². The van der Waals surface area contributed by atoms with Crippen molar-refractivity contribution in [1.29, 1.82) is 0 Å². The van der Waals surface area contributed by atoms with Gasteiger partial charge in [0.15, 0.2) is 0 Å². The highest BCUT2D eigenvalue weighted by Gasteiger charge is 2.53. The molecule has 4 rings (SSSR count). The number of hydrogen-bond acceptors (Lipinski definition) is 4. The van der Waals surface area contributed by atoms with Gasteiger partial charge >= 0.3 is 0 Å². The van der Waals surface area contributed by atoms with Crippen LogP contribution in [0.1, 0.15) is 47.0 Å². The lowest BCUT2D eigenvalue weighted by Gasteiger charge is -2.40. The van der Waals surface area contributed by atoms with Crippen molar-refractivity contribution in [3.8, 4) is 5.75 Å². The standard InChI is InChI=1S/C18H26N2O2S.C3H8/c1-11(2)18-12-8-15(18)16(9-12)20-17(21)10-19-23-14-6-4-13(22-3)5-7-14;1-3-2/h4-7,11-12,15-16,18-19H,8-10H2,1-3H3,(H,20,21);3H2,1-2H3. The Labute approximate surface area is 163 Å². The average molecular weight is 379 g/mol. The van der Waals surface area contributed by atoms with Crippen LogP contribution in [-0.4, -0.2) is 25.6 Å². The maximum Gasteiger partial charge on any atom is 0.235 e. The normalized spacial score (nSPS) is 25.9. The molecule has 26 heavy (non-hydrogen) atoms. The predicted octanol–water partition coefficient (Wildman–Crippen LogP) is 4.51. The van der Waals surface area contributed by atoms with Crippen molar-refractivity contribution in [2.75, 3.05) is 13.7 Å². The van der Waals surface area contributed by atoms with E-state index in [0.29, 0.717) is 18.5 Å². The molecule has 3 fully saturated rings. The third-order valence-corrected chi connectivity index (χ3v) is 6.08. The highest BCUT2D eigenvalue weighted by Crippen LogP contribution is 2.56. The predicted molar refractivity (Wildman–Crippen MR) is 109 cm³/mol. The van der Waals surface area contributed by atoms with Crippen LogP contribution in [0.15, 0.2) is 29.2 Å². The molecule has 0 aromatic heterocycles. The Hall–Kier alpha value is -1.20. The zero-order chi connectivity index (χ0) is 19.1. The van der Waals surface area contributed by atoms with Crippen molar-refractivity contribution in [2.24, 2.45) is 23.7 Å².